The van der Waals surface area contributed by atoms with Gasteiger partial charge < -0.3 is 10.2 Å². The first kappa shape index (κ1) is 40.6. The number of rotatable bonds is 14. The van der Waals surface area contributed by atoms with E-state index >= 15 is 8.42 Å². The lowest BCUT2D eigenvalue weighted by atomic mass is 9.56. The second-order valence-electron chi connectivity index (χ2n) is 18.6. The number of nitriles is 1. The molecule has 0 bridgehead atoms. The van der Waals surface area contributed by atoms with Crippen molar-refractivity contribution in [2.75, 3.05) is 30.4 Å². The lowest BCUT2D eigenvalue weighted by Gasteiger charge is -2.59. The molecule has 1 N–H and O–H groups in total. The molecule has 0 amide bonds. The van der Waals surface area contributed by atoms with Crippen LogP contribution >= 0.6 is 0 Å². The molecule has 0 aliphatic heterocycles. The Kier molecular flexibility index (Phi) is 11.4. The fraction of sp³-hybridized carbons (Fsp3) is 0.543. The van der Waals surface area contributed by atoms with Gasteiger partial charge in [-0.25, -0.2) is 8.42 Å². The number of hydrogen-bond donors (Lipinski definition) is 1. The van der Waals surface area contributed by atoms with E-state index in [1.807, 2.05) is 16.4 Å². The molecule has 1 saturated carbocycles. The molecule has 4 aromatic rings. The number of sulfonamides is 1. The smallest absolute Gasteiger partial charge is 0.219 e. The molecule has 1 aliphatic carbocycles. The maximum atomic E-state index is 16.1. The molecule has 0 aromatic heterocycles. The van der Waals surface area contributed by atoms with Gasteiger partial charge >= 0.3 is 0 Å². The number of hydrogen-bond acceptors (Lipinski definition) is 5. The molecule has 53 heavy (non-hydrogen) atoms. The quantitative estimate of drug-likeness (QED) is 0.139. The molecule has 7 heteroatoms. The maximum Gasteiger partial charge on any atom is 0.219 e. The van der Waals surface area contributed by atoms with E-state index in [-0.39, 0.29) is 5.41 Å². The minimum absolute atomic E-state index is 0.0241. The van der Waals surface area contributed by atoms with Crippen LogP contribution in [0.5, 0.6) is 0 Å². The van der Waals surface area contributed by atoms with Crippen LogP contribution in [0.4, 0.5) is 11.4 Å². The Labute approximate surface area is 321 Å². The van der Waals surface area contributed by atoms with Crippen molar-refractivity contribution < 1.29 is 8.42 Å². The second-order valence-corrected chi connectivity index (χ2v) is 20.4. The minimum Gasteiger partial charge on any atom is -0.382 e. The zero-order valence-electron chi connectivity index (χ0n) is 34.3. The van der Waals surface area contributed by atoms with Gasteiger partial charge in [-0.1, -0.05) is 128 Å². The van der Waals surface area contributed by atoms with E-state index in [1.54, 1.807) is 0 Å². The van der Waals surface area contributed by atoms with E-state index in [9.17, 15) is 5.26 Å². The molecular formula is C46H64N4O2S. The van der Waals surface area contributed by atoms with Crippen LogP contribution in [0.3, 0.4) is 0 Å². The molecule has 5 rings (SSSR count). The molecule has 0 spiro atoms. The van der Waals surface area contributed by atoms with Crippen LogP contribution in [0.15, 0.2) is 78.9 Å². The van der Waals surface area contributed by atoms with Crippen molar-refractivity contribution in [2.45, 2.75) is 124 Å². The summed E-state index contributed by atoms with van der Waals surface area (Å²) in [5.41, 5.74) is 0.696. The van der Waals surface area contributed by atoms with Crippen LogP contribution in [-0.4, -0.2) is 49.2 Å². The average molecular weight is 737 g/mol. The number of likely N-dealkylation sites (N-methyl/N-ethyl adjacent to an activating group) is 1. The van der Waals surface area contributed by atoms with Gasteiger partial charge in [0.2, 0.25) is 10.0 Å². The van der Waals surface area contributed by atoms with Crippen molar-refractivity contribution in [1.82, 2.24) is 4.31 Å². The van der Waals surface area contributed by atoms with Gasteiger partial charge in [0.1, 0.15) is 0 Å². The standard InChI is InChI=1S/C46H64N4O2S/c1-12-45(9,32-48-40-36(23-19-29-47)28-27-35-21-15-17-25-38(35)40)50(53(51,52)41-43(5,6)30-42(3,4)31-44(41,7)8)46(10,13-2)33-49(11)39-26-18-22-34-20-14-16-24-37(34)39/h14-18,20-22,24-28,41,48H,12-13,19,23,30-33H2,1-11H3/t45-,46-/m0/s1. The van der Waals surface area contributed by atoms with Crippen molar-refractivity contribution in [3.05, 3.63) is 84.4 Å². The summed E-state index contributed by atoms with van der Waals surface area (Å²) in [5.74, 6) is 0. The summed E-state index contributed by atoms with van der Waals surface area (Å²) in [7, 11) is -1.84. The number of nitrogens with zero attached hydrogens (tertiary/aromatic N) is 3. The van der Waals surface area contributed by atoms with Crippen LogP contribution < -0.4 is 10.2 Å². The van der Waals surface area contributed by atoms with Gasteiger partial charge in [-0.3, -0.25) is 0 Å². The van der Waals surface area contributed by atoms with E-state index in [1.165, 1.54) is 0 Å². The summed E-state index contributed by atoms with van der Waals surface area (Å²) < 4.78 is 34.3. The van der Waals surface area contributed by atoms with Crippen LogP contribution in [0, 0.1) is 27.6 Å². The van der Waals surface area contributed by atoms with Gasteiger partial charge in [-0.05, 0) is 84.6 Å². The van der Waals surface area contributed by atoms with Gasteiger partial charge in [0, 0.05) is 48.7 Å². The van der Waals surface area contributed by atoms with Crippen LogP contribution in [0.1, 0.15) is 107 Å². The third-order valence-corrected chi connectivity index (χ3v) is 15.5. The topological polar surface area (TPSA) is 76.4 Å². The van der Waals surface area contributed by atoms with E-state index in [0.717, 1.165) is 51.3 Å². The summed E-state index contributed by atoms with van der Waals surface area (Å²) in [6.45, 7) is 22.8. The highest BCUT2D eigenvalue weighted by Crippen LogP contribution is 2.58. The summed E-state index contributed by atoms with van der Waals surface area (Å²) in [6.07, 6.45) is 3.95. The zero-order valence-corrected chi connectivity index (χ0v) is 35.1. The molecule has 0 unspecified atom stereocenters. The molecule has 286 valence electrons. The van der Waals surface area contributed by atoms with Crippen molar-refractivity contribution >= 4 is 42.9 Å². The third-order valence-electron chi connectivity index (χ3n) is 12.3. The van der Waals surface area contributed by atoms with Crippen molar-refractivity contribution in [2.24, 2.45) is 16.2 Å². The Hall–Kier alpha value is -3.60. The summed E-state index contributed by atoms with van der Waals surface area (Å²) >= 11 is 0. The molecule has 0 saturated heterocycles. The number of anilines is 2. The minimum atomic E-state index is -3.95. The number of fused-ring (bicyclic) bond motifs is 2. The van der Waals surface area contributed by atoms with Crippen molar-refractivity contribution in [3.8, 4) is 6.07 Å². The first-order valence-electron chi connectivity index (χ1n) is 19.6. The Morgan fingerprint density at radius 2 is 1.34 bits per heavy atom. The number of aryl methyl sites for hydroxylation is 1. The Bertz CT molecular complexity index is 2060. The molecule has 2 atom stereocenters. The fourth-order valence-electron chi connectivity index (χ4n) is 11.0. The molecule has 4 aromatic carbocycles. The lowest BCUT2D eigenvalue weighted by Crippen LogP contribution is -2.70. The van der Waals surface area contributed by atoms with Crippen molar-refractivity contribution in [3.63, 3.8) is 0 Å². The Balaban J connectivity index is 1.68. The van der Waals surface area contributed by atoms with Gasteiger partial charge in [-0.15, -0.1) is 0 Å². The SMILES string of the molecule is CC[C@@](C)(CNc1c(CCC#N)ccc2ccccc12)N([C@@](C)(CC)CN(C)c1cccc2ccccc12)S(=O)(=O)C1C(C)(C)CC(C)(C)CC1(C)C. The first-order valence-corrected chi connectivity index (χ1v) is 21.1. The van der Waals surface area contributed by atoms with Crippen LogP contribution in [-0.2, 0) is 16.4 Å². The molecule has 0 heterocycles. The summed E-state index contributed by atoms with van der Waals surface area (Å²) in [5, 5.41) is 17.3. The van der Waals surface area contributed by atoms with E-state index in [4.69, 9.17) is 0 Å². The highest BCUT2D eigenvalue weighted by Gasteiger charge is 2.61. The monoisotopic (exact) mass is 736 g/mol. The highest BCUT2D eigenvalue weighted by atomic mass is 32.2. The third kappa shape index (κ3) is 7.96. The highest BCUT2D eigenvalue weighted by molar-refractivity contribution is 7.89. The fourth-order valence-corrected chi connectivity index (χ4v) is 14.6. The second kappa shape index (κ2) is 14.9. The van der Waals surface area contributed by atoms with E-state index < -0.39 is 37.2 Å². The van der Waals surface area contributed by atoms with E-state index in [0.29, 0.717) is 38.8 Å². The average Bonchev–Trinajstić information content (AvgIpc) is 3.07. The Morgan fingerprint density at radius 3 is 1.92 bits per heavy atom. The number of nitrogens with one attached hydrogen (secondary N) is 1. The van der Waals surface area contributed by atoms with Crippen molar-refractivity contribution in [1.29, 1.82) is 5.26 Å². The normalized spacial score (nSPS) is 19.4. The first-order chi connectivity index (χ1) is 24.7. The Morgan fingerprint density at radius 1 is 0.792 bits per heavy atom. The molecule has 1 aliphatic rings. The molecule has 1 fully saturated rings. The molecule has 0 radical (unpaired) electrons. The largest absolute Gasteiger partial charge is 0.382 e. The molecular weight excluding hydrogens is 673 g/mol. The van der Waals surface area contributed by atoms with Gasteiger partial charge in [0.25, 0.3) is 0 Å². The lowest BCUT2D eigenvalue weighted by molar-refractivity contribution is 0.0150. The number of benzene rings is 4. The molecule has 6 nitrogen and oxygen atoms in total. The van der Waals surface area contributed by atoms with Gasteiger partial charge in [0.05, 0.1) is 22.4 Å². The van der Waals surface area contributed by atoms with Gasteiger partial charge in [-0.2, -0.15) is 9.57 Å². The summed E-state index contributed by atoms with van der Waals surface area (Å²) in [6, 6.07) is 29.7. The van der Waals surface area contributed by atoms with Gasteiger partial charge in [0.15, 0.2) is 0 Å². The predicted molar refractivity (Wildman–Crippen MR) is 226 cm³/mol. The zero-order chi connectivity index (χ0) is 39.0. The predicted octanol–water partition coefficient (Wildman–Crippen LogP) is 11.2. The summed E-state index contributed by atoms with van der Waals surface area (Å²) in [4.78, 5) is 2.27. The van der Waals surface area contributed by atoms with E-state index in [2.05, 4.69) is 159 Å². The maximum absolute atomic E-state index is 16.1. The van der Waals surface area contributed by atoms with Crippen LogP contribution in [0.25, 0.3) is 21.5 Å². The van der Waals surface area contributed by atoms with Crippen LogP contribution in [0.2, 0.25) is 0 Å².